The molecule has 0 aliphatic rings. The molecule has 0 heterocycles. The Morgan fingerprint density at radius 2 is 1.41 bits per heavy atom. The molecule has 188 valence electrons. The molecule has 6 nitrogen and oxygen atoms in total. The van der Waals surface area contributed by atoms with Crippen LogP contribution in [-0.4, -0.2) is 11.9 Å². The van der Waals surface area contributed by atoms with Crippen LogP contribution in [0.25, 0.3) is 22.3 Å². The summed E-state index contributed by atoms with van der Waals surface area (Å²) in [5, 5.41) is 0. The standard InChI is InChI=1S/C29H22F2O6/c1-4-28(32)36-15-13-34-23-10-11-24(25(30)18-23)21-7-5-20(6-8-21)22-9-12-27(26(31)17-22)35-14-16-37-29(33)19(2)3/h4-18H,1-2H2,3H3. The number of carbonyl (C=O) groups excluding carboxylic acids is 2. The summed E-state index contributed by atoms with van der Waals surface area (Å²) in [5.41, 5.74) is 2.47. The van der Waals surface area contributed by atoms with Crippen LogP contribution in [0, 0.1) is 11.6 Å². The second-order valence-corrected chi connectivity index (χ2v) is 7.47. The van der Waals surface area contributed by atoms with E-state index in [0.29, 0.717) is 22.3 Å². The molecule has 37 heavy (non-hydrogen) atoms. The molecule has 0 N–H and O–H groups in total. The molecule has 0 amide bonds. The SMILES string of the molecule is C=CC(=O)OC=COc1ccc(-c2ccc(-c3ccc(OC=COC(=O)C(=C)C)c(F)c3)cc2)c(F)c1. The topological polar surface area (TPSA) is 71.1 Å². The van der Waals surface area contributed by atoms with Crippen LogP contribution in [0.5, 0.6) is 11.5 Å². The van der Waals surface area contributed by atoms with Gasteiger partial charge in [-0.1, -0.05) is 43.5 Å². The third-order valence-corrected chi connectivity index (χ3v) is 4.79. The van der Waals surface area contributed by atoms with Gasteiger partial charge < -0.3 is 18.9 Å². The van der Waals surface area contributed by atoms with Crippen LogP contribution in [0.15, 0.2) is 111 Å². The van der Waals surface area contributed by atoms with Gasteiger partial charge in [0, 0.05) is 23.3 Å². The van der Waals surface area contributed by atoms with Crippen molar-refractivity contribution in [2.45, 2.75) is 6.92 Å². The number of rotatable bonds is 10. The van der Waals surface area contributed by atoms with Gasteiger partial charge in [-0.05, 0) is 47.9 Å². The molecule has 8 heteroatoms. The van der Waals surface area contributed by atoms with Crippen LogP contribution in [-0.2, 0) is 19.1 Å². The molecular formula is C29H22F2O6. The van der Waals surface area contributed by atoms with Gasteiger partial charge >= 0.3 is 11.9 Å². The Morgan fingerprint density at radius 1 is 0.757 bits per heavy atom. The molecule has 0 bridgehead atoms. The normalized spacial score (nSPS) is 10.8. The van der Waals surface area contributed by atoms with Gasteiger partial charge in [0.25, 0.3) is 0 Å². The summed E-state index contributed by atoms with van der Waals surface area (Å²) < 4.78 is 48.9. The summed E-state index contributed by atoms with van der Waals surface area (Å²) in [6, 6.07) is 15.6. The summed E-state index contributed by atoms with van der Waals surface area (Å²) in [4.78, 5) is 22.3. The van der Waals surface area contributed by atoms with Gasteiger partial charge in [0.2, 0.25) is 0 Å². The maximum Gasteiger partial charge on any atom is 0.338 e. The highest BCUT2D eigenvalue weighted by molar-refractivity contribution is 5.87. The number of halogens is 2. The average Bonchev–Trinajstić information content (AvgIpc) is 2.89. The lowest BCUT2D eigenvalue weighted by molar-refractivity contribution is -0.134. The smallest absolute Gasteiger partial charge is 0.338 e. The fourth-order valence-corrected chi connectivity index (χ4v) is 2.96. The predicted molar refractivity (Wildman–Crippen MR) is 134 cm³/mol. The van der Waals surface area contributed by atoms with E-state index in [-0.39, 0.29) is 17.1 Å². The third kappa shape index (κ3) is 7.50. The van der Waals surface area contributed by atoms with E-state index >= 15 is 0 Å². The molecule has 3 aromatic carbocycles. The molecule has 0 radical (unpaired) electrons. The summed E-state index contributed by atoms with van der Waals surface area (Å²) in [5.74, 6) is -2.24. The minimum absolute atomic E-state index is 0.0546. The molecule has 0 unspecified atom stereocenters. The van der Waals surface area contributed by atoms with Crippen molar-refractivity contribution in [1.82, 2.24) is 0 Å². The Hall–Kier alpha value is -4.98. The van der Waals surface area contributed by atoms with Gasteiger partial charge in [0.1, 0.15) is 36.6 Å². The third-order valence-electron chi connectivity index (χ3n) is 4.79. The fraction of sp³-hybridized carbons (Fsp3) is 0.0345. The second-order valence-electron chi connectivity index (χ2n) is 7.47. The van der Waals surface area contributed by atoms with E-state index in [2.05, 4.69) is 17.9 Å². The zero-order valence-corrected chi connectivity index (χ0v) is 19.8. The highest BCUT2D eigenvalue weighted by Crippen LogP contribution is 2.30. The molecule has 0 fully saturated rings. The van der Waals surface area contributed by atoms with Crippen LogP contribution in [0.2, 0.25) is 0 Å². The molecule has 0 aliphatic carbocycles. The Labute approximate surface area is 212 Å². The first-order valence-corrected chi connectivity index (χ1v) is 10.8. The molecule has 0 spiro atoms. The summed E-state index contributed by atoms with van der Waals surface area (Å²) >= 11 is 0. The van der Waals surface area contributed by atoms with Crippen molar-refractivity contribution < 1.29 is 37.3 Å². The van der Waals surface area contributed by atoms with Crippen LogP contribution in [0.1, 0.15) is 6.92 Å². The van der Waals surface area contributed by atoms with Crippen molar-refractivity contribution in [2.24, 2.45) is 0 Å². The molecule has 3 aromatic rings. The minimum atomic E-state index is -0.646. The zero-order valence-electron chi connectivity index (χ0n) is 19.8. The van der Waals surface area contributed by atoms with Gasteiger partial charge in [-0.25, -0.2) is 18.4 Å². The van der Waals surface area contributed by atoms with Crippen LogP contribution in [0.4, 0.5) is 8.78 Å². The minimum Gasteiger partial charge on any atom is -0.462 e. The second kappa shape index (κ2) is 12.6. The van der Waals surface area contributed by atoms with Gasteiger partial charge in [0.15, 0.2) is 11.6 Å². The largest absolute Gasteiger partial charge is 0.462 e. The van der Waals surface area contributed by atoms with Crippen molar-refractivity contribution in [3.05, 3.63) is 122 Å². The Kier molecular flexibility index (Phi) is 9.10. The van der Waals surface area contributed by atoms with E-state index in [1.807, 2.05) is 0 Å². The maximum atomic E-state index is 14.7. The lowest BCUT2D eigenvalue weighted by atomic mass is 10.00. The molecular weight excluding hydrogens is 482 g/mol. The molecule has 0 saturated carbocycles. The van der Waals surface area contributed by atoms with Crippen LogP contribution >= 0.6 is 0 Å². The predicted octanol–water partition coefficient (Wildman–Crippen LogP) is 6.85. The van der Waals surface area contributed by atoms with Crippen molar-refractivity contribution in [2.75, 3.05) is 0 Å². The van der Waals surface area contributed by atoms with E-state index in [0.717, 1.165) is 31.1 Å². The first kappa shape index (κ1) is 26.6. The molecule has 0 atom stereocenters. The molecule has 0 aliphatic heterocycles. The van der Waals surface area contributed by atoms with Crippen molar-refractivity contribution >= 4 is 11.9 Å². The highest BCUT2D eigenvalue weighted by Gasteiger charge is 2.09. The van der Waals surface area contributed by atoms with E-state index in [1.165, 1.54) is 25.1 Å². The van der Waals surface area contributed by atoms with Gasteiger partial charge in [-0.15, -0.1) is 0 Å². The van der Waals surface area contributed by atoms with Crippen molar-refractivity contribution in [1.29, 1.82) is 0 Å². The Morgan fingerprint density at radius 3 is 2.05 bits per heavy atom. The van der Waals surface area contributed by atoms with E-state index in [1.54, 1.807) is 42.5 Å². The first-order chi connectivity index (χ1) is 17.8. The number of hydrogen-bond donors (Lipinski definition) is 0. The van der Waals surface area contributed by atoms with Crippen LogP contribution in [0.3, 0.4) is 0 Å². The molecule has 3 rings (SSSR count). The monoisotopic (exact) mass is 504 g/mol. The zero-order chi connectivity index (χ0) is 26.8. The summed E-state index contributed by atoms with van der Waals surface area (Å²) in [6.07, 6.45) is 5.17. The number of esters is 2. The number of benzene rings is 3. The van der Waals surface area contributed by atoms with Crippen molar-refractivity contribution in [3.63, 3.8) is 0 Å². The fourth-order valence-electron chi connectivity index (χ4n) is 2.96. The molecule has 0 saturated heterocycles. The Balaban J connectivity index is 1.65. The number of hydrogen-bond acceptors (Lipinski definition) is 6. The van der Waals surface area contributed by atoms with Gasteiger partial charge in [-0.3, -0.25) is 0 Å². The lowest BCUT2D eigenvalue weighted by Crippen LogP contribution is -1.99. The average molecular weight is 504 g/mol. The highest BCUT2D eigenvalue weighted by atomic mass is 19.1. The summed E-state index contributed by atoms with van der Waals surface area (Å²) in [6.45, 7) is 8.20. The maximum absolute atomic E-state index is 14.7. The van der Waals surface area contributed by atoms with Crippen molar-refractivity contribution in [3.8, 4) is 33.8 Å². The number of ether oxygens (including phenoxy) is 4. The van der Waals surface area contributed by atoms with Gasteiger partial charge in [-0.2, -0.15) is 0 Å². The van der Waals surface area contributed by atoms with Gasteiger partial charge in [0.05, 0.1) is 0 Å². The number of carbonyl (C=O) groups is 2. The Bertz CT molecular complexity index is 1370. The van der Waals surface area contributed by atoms with E-state index in [4.69, 9.17) is 14.2 Å². The van der Waals surface area contributed by atoms with Crippen LogP contribution < -0.4 is 9.47 Å². The first-order valence-electron chi connectivity index (χ1n) is 10.8. The van der Waals surface area contributed by atoms with E-state index in [9.17, 15) is 18.4 Å². The lowest BCUT2D eigenvalue weighted by Gasteiger charge is -2.09. The molecule has 0 aromatic heterocycles. The summed E-state index contributed by atoms with van der Waals surface area (Å²) in [7, 11) is 0. The quantitative estimate of drug-likeness (QED) is 0.171. The van der Waals surface area contributed by atoms with E-state index < -0.39 is 23.6 Å².